The number of nitrogens with zero attached hydrogens (tertiary/aromatic N) is 1. The van der Waals surface area contributed by atoms with Crippen molar-refractivity contribution in [1.29, 1.82) is 0 Å². The van der Waals surface area contributed by atoms with Crippen molar-refractivity contribution in [3.63, 3.8) is 0 Å². The molecule has 0 atom stereocenters. The molecule has 1 heterocycles. The van der Waals surface area contributed by atoms with E-state index in [2.05, 4.69) is 96.6 Å². The number of benzene rings is 2. The average Bonchev–Trinajstić information content (AvgIpc) is 2.58. The third kappa shape index (κ3) is 3.78. The molecule has 0 amide bonds. The van der Waals surface area contributed by atoms with E-state index in [4.69, 9.17) is 0 Å². The second-order valence-corrected chi connectivity index (χ2v) is 8.91. The van der Waals surface area contributed by atoms with Gasteiger partial charge in [0.05, 0.1) is 10.9 Å². The quantitative estimate of drug-likeness (QED) is 0.463. The van der Waals surface area contributed by atoms with Gasteiger partial charge in [-0.3, -0.25) is 0 Å². The van der Waals surface area contributed by atoms with E-state index in [0.717, 1.165) is 6.42 Å². The molecule has 1 aromatic heterocycles. The van der Waals surface area contributed by atoms with Crippen LogP contribution in [-0.4, -0.2) is 0 Å². The van der Waals surface area contributed by atoms with Crippen LogP contribution in [0.3, 0.4) is 0 Å². The SMILES string of the molecule is Cc1cc(C(C)C)cc(-c2c3ccc(CC(C)C)cc3c(C)c[n+]2C)c1C. The van der Waals surface area contributed by atoms with Gasteiger partial charge in [-0.15, -0.1) is 0 Å². The number of fused-ring (bicyclic) bond motifs is 1. The number of aryl methyl sites for hydroxylation is 3. The van der Waals surface area contributed by atoms with Crippen molar-refractivity contribution in [2.24, 2.45) is 13.0 Å². The highest BCUT2D eigenvalue weighted by Crippen LogP contribution is 2.34. The van der Waals surface area contributed by atoms with Crippen molar-refractivity contribution in [2.45, 2.75) is 60.8 Å². The van der Waals surface area contributed by atoms with Crippen LogP contribution >= 0.6 is 0 Å². The smallest absolute Gasteiger partial charge is 0.200 e. The summed E-state index contributed by atoms with van der Waals surface area (Å²) in [5.74, 6) is 1.21. The van der Waals surface area contributed by atoms with Crippen LogP contribution in [0.25, 0.3) is 22.0 Å². The Morgan fingerprint density at radius 2 is 1.56 bits per heavy atom. The molecule has 0 saturated carbocycles. The molecule has 0 spiro atoms. The van der Waals surface area contributed by atoms with Crippen LogP contribution in [0.15, 0.2) is 36.5 Å². The van der Waals surface area contributed by atoms with Crippen molar-refractivity contribution < 1.29 is 4.57 Å². The minimum absolute atomic E-state index is 0.530. The van der Waals surface area contributed by atoms with Crippen LogP contribution in [0.4, 0.5) is 0 Å². The van der Waals surface area contributed by atoms with Crippen molar-refractivity contribution in [3.05, 3.63) is 64.3 Å². The molecule has 0 fully saturated rings. The fraction of sp³-hybridized carbons (Fsp3) is 0.423. The van der Waals surface area contributed by atoms with Crippen LogP contribution in [-0.2, 0) is 13.5 Å². The Kier molecular flexibility index (Phi) is 5.42. The number of hydrogen-bond acceptors (Lipinski definition) is 0. The number of aromatic nitrogens is 1. The van der Waals surface area contributed by atoms with E-state index < -0.39 is 0 Å². The van der Waals surface area contributed by atoms with Crippen molar-refractivity contribution in [2.75, 3.05) is 0 Å². The monoisotopic (exact) mass is 360 g/mol. The highest BCUT2D eigenvalue weighted by atomic mass is 14.9. The van der Waals surface area contributed by atoms with Gasteiger partial charge in [-0.2, -0.15) is 0 Å². The second kappa shape index (κ2) is 7.46. The van der Waals surface area contributed by atoms with Gasteiger partial charge in [-0.05, 0) is 78.8 Å². The van der Waals surface area contributed by atoms with Gasteiger partial charge in [0.1, 0.15) is 7.05 Å². The maximum atomic E-state index is 2.41. The van der Waals surface area contributed by atoms with E-state index >= 15 is 0 Å². The first-order chi connectivity index (χ1) is 12.7. The van der Waals surface area contributed by atoms with Crippen molar-refractivity contribution >= 4 is 10.8 Å². The van der Waals surface area contributed by atoms with Gasteiger partial charge in [0.2, 0.25) is 5.69 Å². The Labute approximate surface area is 165 Å². The number of rotatable bonds is 4. The predicted molar refractivity (Wildman–Crippen MR) is 117 cm³/mol. The van der Waals surface area contributed by atoms with Gasteiger partial charge in [0, 0.05) is 5.56 Å². The third-order valence-electron chi connectivity index (χ3n) is 5.76. The Bertz CT molecular complexity index is 993. The molecule has 0 saturated heterocycles. The van der Waals surface area contributed by atoms with E-state index in [1.54, 1.807) is 0 Å². The molecule has 0 aliphatic heterocycles. The molecule has 3 rings (SSSR count). The first-order valence-electron chi connectivity index (χ1n) is 10.2. The summed E-state index contributed by atoms with van der Waals surface area (Å²) < 4.78 is 2.31. The van der Waals surface area contributed by atoms with E-state index in [0.29, 0.717) is 11.8 Å². The lowest BCUT2D eigenvalue weighted by Crippen LogP contribution is -2.31. The van der Waals surface area contributed by atoms with Gasteiger partial charge in [-0.25, -0.2) is 4.57 Å². The van der Waals surface area contributed by atoms with Gasteiger partial charge in [0.25, 0.3) is 0 Å². The molecule has 3 aromatic rings. The molecule has 0 N–H and O–H groups in total. The lowest BCUT2D eigenvalue weighted by atomic mass is 9.89. The second-order valence-electron chi connectivity index (χ2n) is 8.91. The highest BCUT2D eigenvalue weighted by molar-refractivity contribution is 5.96. The predicted octanol–water partition coefficient (Wildman–Crippen LogP) is 6.58. The highest BCUT2D eigenvalue weighted by Gasteiger charge is 2.21. The maximum absolute atomic E-state index is 2.41. The first-order valence-corrected chi connectivity index (χ1v) is 10.2. The van der Waals surface area contributed by atoms with Crippen LogP contribution in [0.1, 0.15) is 61.4 Å². The fourth-order valence-corrected chi connectivity index (χ4v) is 4.14. The zero-order valence-corrected chi connectivity index (χ0v) is 18.3. The molecule has 0 radical (unpaired) electrons. The molecule has 0 bridgehead atoms. The Hall–Kier alpha value is -2.15. The zero-order valence-electron chi connectivity index (χ0n) is 18.3. The lowest BCUT2D eigenvalue weighted by Gasteiger charge is -2.16. The molecule has 1 heteroatoms. The Morgan fingerprint density at radius 3 is 2.19 bits per heavy atom. The molecule has 27 heavy (non-hydrogen) atoms. The van der Waals surface area contributed by atoms with E-state index in [9.17, 15) is 0 Å². The summed E-state index contributed by atoms with van der Waals surface area (Å²) in [5, 5.41) is 2.74. The van der Waals surface area contributed by atoms with Gasteiger partial charge in [0.15, 0.2) is 6.20 Å². The van der Waals surface area contributed by atoms with Gasteiger partial charge < -0.3 is 0 Å². The van der Waals surface area contributed by atoms with Crippen LogP contribution in [0.5, 0.6) is 0 Å². The van der Waals surface area contributed by atoms with Crippen LogP contribution in [0.2, 0.25) is 0 Å². The summed E-state index contributed by atoms with van der Waals surface area (Å²) >= 11 is 0. The summed E-state index contributed by atoms with van der Waals surface area (Å²) in [6, 6.07) is 11.8. The minimum atomic E-state index is 0.530. The van der Waals surface area contributed by atoms with E-state index in [-0.39, 0.29) is 0 Å². The topological polar surface area (TPSA) is 3.88 Å². The molecule has 1 nitrogen and oxygen atoms in total. The van der Waals surface area contributed by atoms with Gasteiger partial charge in [-0.1, -0.05) is 45.9 Å². The fourth-order valence-electron chi connectivity index (χ4n) is 4.14. The third-order valence-corrected chi connectivity index (χ3v) is 5.76. The average molecular weight is 361 g/mol. The first kappa shape index (κ1) is 19.6. The Balaban J connectivity index is 2.32. The largest absolute Gasteiger partial charge is 0.220 e. The molecule has 0 unspecified atom stereocenters. The minimum Gasteiger partial charge on any atom is -0.200 e. The molecule has 142 valence electrons. The maximum Gasteiger partial charge on any atom is 0.220 e. The summed E-state index contributed by atoms with van der Waals surface area (Å²) in [5.41, 5.74) is 9.64. The van der Waals surface area contributed by atoms with Crippen molar-refractivity contribution in [1.82, 2.24) is 0 Å². The summed E-state index contributed by atoms with van der Waals surface area (Å²) in [7, 11) is 2.18. The summed E-state index contributed by atoms with van der Waals surface area (Å²) in [4.78, 5) is 0. The van der Waals surface area contributed by atoms with E-state index in [1.165, 1.54) is 49.8 Å². The van der Waals surface area contributed by atoms with Crippen molar-refractivity contribution in [3.8, 4) is 11.3 Å². The Morgan fingerprint density at radius 1 is 0.852 bits per heavy atom. The molecular formula is C26H34N+. The zero-order chi connectivity index (χ0) is 19.9. The molecular weight excluding hydrogens is 326 g/mol. The lowest BCUT2D eigenvalue weighted by molar-refractivity contribution is -0.659. The van der Waals surface area contributed by atoms with Crippen LogP contribution in [0, 0.1) is 26.7 Å². The molecule has 0 aliphatic rings. The van der Waals surface area contributed by atoms with Gasteiger partial charge >= 0.3 is 0 Å². The van der Waals surface area contributed by atoms with Crippen LogP contribution < -0.4 is 4.57 Å². The summed E-state index contributed by atoms with van der Waals surface area (Å²) in [6.45, 7) is 15.9. The number of pyridine rings is 1. The molecule has 0 aliphatic carbocycles. The van der Waals surface area contributed by atoms with E-state index in [1.807, 2.05) is 0 Å². The standard InChI is InChI=1S/C26H34N/c1-16(2)11-21-9-10-23-24(13-21)19(6)15-27(8)26(23)25-14-22(17(3)4)12-18(5)20(25)7/h9-10,12-17H,11H2,1-8H3/q+1. The molecule has 2 aromatic carbocycles. The number of hydrogen-bond donors (Lipinski definition) is 0. The summed E-state index contributed by atoms with van der Waals surface area (Å²) in [6.07, 6.45) is 3.42. The normalized spacial score (nSPS) is 11.8.